The molecule has 0 spiro atoms. The van der Waals surface area contributed by atoms with Crippen LogP contribution < -0.4 is 5.32 Å². The molecule has 2 N–H and O–H groups in total. The van der Waals surface area contributed by atoms with Crippen molar-refractivity contribution in [2.45, 2.75) is 26.7 Å². The van der Waals surface area contributed by atoms with Crippen molar-refractivity contribution < 1.29 is 9.90 Å². The van der Waals surface area contributed by atoms with E-state index in [-0.39, 0.29) is 17.9 Å². The van der Waals surface area contributed by atoms with Crippen LogP contribution in [0.3, 0.4) is 0 Å². The molecule has 0 saturated carbocycles. The van der Waals surface area contributed by atoms with E-state index < -0.39 is 0 Å². The van der Waals surface area contributed by atoms with Gasteiger partial charge in [-0.1, -0.05) is 6.92 Å². The average molecular weight is 280 g/mol. The van der Waals surface area contributed by atoms with Gasteiger partial charge < -0.3 is 10.4 Å². The largest absolute Gasteiger partial charge is 0.396 e. The highest BCUT2D eigenvalue weighted by molar-refractivity contribution is 5.91. The number of amides is 1. The molecule has 0 aromatic carbocycles. The molecule has 1 aliphatic rings. The first-order chi connectivity index (χ1) is 9.42. The van der Waals surface area contributed by atoms with Gasteiger partial charge in [-0.05, 0) is 26.3 Å². The van der Waals surface area contributed by atoms with Gasteiger partial charge in [0.15, 0.2) is 0 Å². The van der Waals surface area contributed by atoms with Crippen molar-refractivity contribution in [2.75, 3.05) is 31.6 Å². The van der Waals surface area contributed by atoms with Crippen LogP contribution in [0.5, 0.6) is 0 Å². The zero-order valence-corrected chi connectivity index (χ0v) is 12.5. The van der Waals surface area contributed by atoms with Crippen molar-refractivity contribution in [1.29, 1.82) is 0 Å². The van der Waals surface area contributed by atoms with Gasteiger partial charge >= 0.3 is 0 Å². The monoisotopic (exact) mass is 280 g/mol. The van der Waals surface area contributed by atoms with Crippen LogP contribution in [0.2, 0.25) is 0 Å². The Morgan fingerprint density at radius 1 is 1.60 bits per heavy atom. The molecule has 1 amide bonds. The number of aliphatic hydroxyl groups excluding tert-OH is 1. The van der Waals surface area contributed by atoms with Crippen molar-refractivity contribution in [1.82, 2.24) is 14.7 Å². The number of nitrogens with zero attached hydrogens (tertiary/aromatic N) is 3. The summed E-state index contributed by atoms with van der Waals surface area (Å²) >= 11 is 0. The Morgan fingerprint density at radius 3 is 2.95 bits per heavy atom. The molecular formula is C14H24N4O2. The molecule has 0 unspecified atom stereocenters. The molecule has 112 valence electrons. The van der Waals surface area contributed by atoms with Crippen LogP contribution in [0.15, 0.2) is 6.07 Å². The molecule has 20 heavy (non-hydrogen) atoms. The molecule has 1 aliphatic heterocycles. The van der Waals surface area contributed by atoms with Gasteiger partial charge in [0.1, 0.15) is 5.82 Å². The van der Waals surface area contributed by atoms with Crippen LogP contribution in [0.1, 0.15) is 25.5 Å². The highest BCUT2D eigenvalue weighted by atomic mass is 16.3. The molecule has 1 atom stereocenters. The third-order valence-corrected chi connectivity index (χ3v) is 3.88. The van der Waals surface area contributed by atoms with Crippen molar-refractivity contribution >= 4 is 11.7 Å². The van der Waals surface area contributed by atoms with Gasteiger partial charge in [-0.2, -0.15) is 5.10 Å². The van der Waals surface area contributed by atoms with E-state index in [9.17, 15) is 9.90 Å². The van der Waals surface area contributed by atoms with E-state index in [1.54, 1.807) is 4.68 Å². The summed E-state index contributed by atoms with van der Waals surface area (Å²) in [6.07, 6.45) is 2.04. The lowest BCUT2D eigenvalue weighted by molar-refractivity contribution is -0.118. The molecule has 0 radical (unpaired) electrons. The lowest BCUT2D eigenvalue weighted by Crippen LogP contribution is -2.46. The van der Waals surface area contributed by atoms with E-state index in [4.69, 9.17) is 0 Å². The summed E-state index contributed by atoms with van der Waals surface area (Å²) in [6.45, 7) is 6.18. The number of anilines is 1. The lowest BCUT2D eigenvalue weighted by atomic mass is 9.83. The van der Waals surface area contributed by atoms with Crippen LogP contribution in [-0.4, -0.2) is 51.9 Å². The minimum absolute atomic E-state index is 0.0322. The number of carbonyl (C=O) groups is 1. The summed E-state index contributed by atoms with van der Waals surface area (Å²) in [7, 11) is 1.81. The van der Waals surface area contributed by atoms with Crippen LogP contribution >= 0.6 is 0 Å². The highest BCUT2D eigenvalue weighted by Crippen LogP contribution is 2.28. The maximum atomic E-state index is 12.1. The second-order valence-corrected chi connectivity index (χ2v) is 6.13. The van der Waals surface area contributed by atoms with Gasteiger partial charge in [0.25, 0.3) is 0 Å². The number of aryl methyl sites for hydroxylation is 2. The Bertz CT molecular complexity index is 486. The van der Waals surface area contributed by atoms with E-state index in [1.807, 2.05) is 20.0 Å². The Kier molecular flexibility index (Phi) is 4.45. The van der Waals surface area contributed by atoms with E-state index in [0.29, 0.717) is 6.54 Å². The van der Waals surface area contributed by atoms with E-state index >= 15 is 0 Å². The molecule has 6 heteroatoms. The predicted octanol–water partition coefficient (Wildman–Crippen LogP) is 0.761. The first kappa shape index (κ1) is 15.0. The van der Waals surface area contributed by atoms with Crippen molar-refractivity contribution in [3.8, 4) is 0 Å². The van der Waals surface area contributed by atoms with Crippen molar-refractivity contribution in [3.05, 3.63) is 11.8 Å². The second-order valence-electron chi connectivity index (χ2n) is 6.13. The molecule has 6 nitrogen and oxygen atoms in total. The standard InChI is InChI=1S/C14H24N4O2/c1-11-7-12(17(3)16-11)15-13(20)8-18-6-4-5-14(2,9-18)10-19/h7,19H,4-6,8-10H2,1-3H3,(H,15,20)/t14-/m0/s1. The quantitative estimate of drug-likeness (QED) is 0.854. The van der Waals surface area contributed by atoms with E-state index in [0.717, 1.165) is 37.4 Å². The summed E-state index contributed by atoms with van der Waals surface area (Å²) in [5.74, 6) is 0.685. The molecule has 0 aliphatic carbocycles. The predicted molar refractivity (Wildman–Crippen MR) is 77.4 cm³/mol. The van der Waals surface area contributed by atoms with Gasteiger partial charge in [0.05, 0.1) is 12.2 Å². The summed E-state index contributed by atoms with van der Waals surface area (Å²) < 4.78 is 1.67. The smallest absolute Gasteiger partial charge is 0.239 e. The highest BCUT2D eigenvalue weighted by Gasteiger charge is 2.31. The third kappa shape index (κ3) is 3.58. The topological polar surface area (TPSA) is 70.4 Å². The average Bonchev–Trinajstić information content (AvgIpc) is 2.67. The summed E-state index contributed by atoms with van der Waals surface area (Å²) in [6, 6.07) is 1.85. The Labute approximate surface area is 119 Å². The van der Waals surface area contributed by atoms with Gasteiger partial charge in [-0.25, -0.2) is 0 Å². The lowest BCUT2D eigenvalue weighted by Gasteiger charge is -2.38. The number of likely N-dealkylation sites (tertiary alicyclic amines) is 1. The minimum Gasteiger partial charge on any atom is -0.396 e. The zero-order chi connectivity index (χ0) is 14.8. The number of piperidine rings is 1. The number of aromatic nitrogens is 2. The molecule has 2 rings (SSSR count). The Hall–Kier alpha value is -1.40. The van der Waals surface area contributed by atoms with Crippen molar-refractivity contribution in [3.63, 3.8) is 0 Å². The fourth-order valence-electron chi connectivity index (χ4n) is 2.80. The van der Waals surface area contributed by atoms with Gasteiger partial charge in [0.2, 0.25) is 5.91 Å². The van der Waals surface area contributed by atoms with Crippen LogP contribution in [0, 0.1) is 12.3 Å². The normalized spacial score (nSPS) is 23.8. The van der Waals surface area contributed by atoms with Crippen LogP contribution in [-0.2, 0) is 11.8 Å². The fourth-order valence-corrected chi connectivity index (χ4v) is 2.80. The second kappa shape index (κ2) is 5.93. The number of hydrogen-bond acceptors (Lipinski definition) is 4. The zero-order valence-electron chi connectivity index (χ0n) is 12.5. The molecule has 0 bridgehead atoms. The van der Waals surface area contributed by atoms with Gasteiger partial charge in [0, 0.05) is 31.7 Å². The molecule has 1 aromatic heterocycles. The molecule has 1 saturated heterocycles. The molecular weight excluding hydrogens is 256 g/mol. The maximum absolute atomic E-state index is 12.1. The third-order valence-electron chi connectivity index (χ3n) is 3.88. The van der Waals surface area contributed by atoms with Crippen LogP contribution in [0.25, 0.3) is 0 Å². The van der Waals surface area contributed by atoms with Gasteiger partial charge in [-0.15, -0.1) is 0 Å². The molecule has 1 fully saturated rings. The summed E-state index contributed by atoms with van der Waals surface area (Å²) in [5.41, 5.74) is 0.801. The maximum Gasteiger partial charge on any atom is 0.239 e. The minimum atomic E-state index is -0.0817. The first-order valence-corrected chi connectivity index (χ1v) is 7.06. The molecule has 1 aromatic rings. The first-order valence-electron chi connectivity index (χ1n) is 7.06. The molecule has 2 heterocycles. The Balaban J connectivity index is 1.90. The number of rotatable bonds is 4. The summed E-state index contributed by atoms with van der Waals surface area (Å²) in [4.78, 5) is 14.2. The number of aliphatic hydroxyl groups is 1. The number of nitrogens with one attached hydrogen (secondary N) is 1. The van der Waals surface area contributed by atoms with Crippen molar-refractivity contribution in [2.24, 2.45) is 12.5 Å². The Morgan fingerprint density at radius 2 is 2.35 bits per heavy atom. The van der Waals surface area contributed by atoms with Crippen LogP contribution in [0.4, 0.5) is 5.82 Å². The van der Waals surface area contributed by atoms with E-state index in [2.05, 4.69) is 22.2 Å². The fraction of sp³-hybridized carbons (Fsp3) is 0.714. The number of hydrogen-bond donors (Lipinski definition) is 2. The van der Waals surface area contributed by atoms with Gasteiger partial charge in [-0.3, -0.25) is 14.4 Å². The van der Waals surface area contributed by atoms with E-state index in [1.165, 1.54) is 0 Å². The number of carbonyl (C=O) groups excluding carboxylic acids is 1. The summed E-state index contributed by atoms with van der Waals surface area (Å²) in [5, 5.41) is 16.5. The SMILES string of the molecule is Cc1cc(NC(=O)CN2CCC[C@](C)(CO)C2)n(C)n1.